The van der Waals surface area contributed by atoms with Gasteiger partial charge in [0, 0.05) is 5.54 Å². The van der Waals surface area contributed by atoms with Gasteiger partial charge in [-0.25, -0.2) is 4.39 Å². The summed E-state index contributed by atoms with van der Waals surface area (Å²) in [5.74, 6) is -0.193. The van der Waals surface area contributed by atoms with Crippen molar-refractivity contribution >= 4 is 10.8 Å². The van der Waals surface area contributed by atoms with E-state index < -0.39 is 0 Å². The normalized spacial score (nSPS) is 18.0. The van der Waals surface area contributed by atoms with Crippen LogP contribution in [-0.4, -0.2) is 0 Å². The first kappa shape index (κ1) is 8.86. The molecule has 0 spiro atoms. The van der Waals surface area contributed by atoms with Crippen molar-refractivity contribution in [3.8, 4) is 0 Å². The highest BCUT2D eigenvalue weighted by Gasteiger charge is 2.40. The van der Waals surface area contributed by atoms with Crippen LogP contribution in [0.3, 0.4) is 0 Å². The molecule has 0 amide bonds. The Kier molecular flexibility index (Phi) is 1.65. The standard InChI is InChI=1S/C13H12FN/c14-10-4-5-11-9(8-10)2-1-3-12(11)13(15)6-7-13/h1-5,8H,6-7,15H2. The third-order valence-electron chi connectivity index (χ3n) is 3.17. The monoisotopic (exact) mass is 201 g/mol. The average molecular weight is 201 g/mol. The van der Waals surface area contributed by atoms with Crippen molar-refractivity contribution < 1.29 is 4.39 Å². The summed E-state index contributed by atoms with van der Waals surface area (Å²) >= 11 is 0. The molecule has 1 nitrogen and oxygen atoms in total. The van der Waals surface area contributed by atoms with Crippen LogP contribution < -0.4 is 5.73 Å². The Bertz CT molecular complexity index is 529. The minimum Gasteiger partial charge on any atom is -0.321 e. The molecular formula is C13H12FN. The molecule has 3 rings (SSSR count). The summed E-state index contributed by atoms with van der Waals surface area (Å²) in [5.41, 5.74) is 7.18. The van der Waals surface area contributed by atoms with E-state index in [2.05, 4.69) is 0 Å². The summed E-state index contributed by atoms with van der Waals surface area (Å²) in [6.45, 7) is 0. The number of nitrogens with two attached hydrogens (primary N) is 1. The van der Waals surface area contributed by atoms with Gasteiger partial charge in [-0.05, 0) is 41.3 Å². The van der Waals surface area contributed by atoms with Gasteiger partial charge in [-0.1, -0.05) is 24.3 Å². The molecule has 1 fully saturated rings. The van der Waals surface area contributed by atoms with Crippen molar-refractivity contribution in [1.82, 2.24) is 0 Å². The molecule has 15 heavy (non-hydrogen) atoms. The van der Waals surface area contributed by atoms with E-state index in [0.717, 1.165) is 29.2 Å². The van der Waals surface area contributed by atoms with Crippen LogP contribution in [0.2, 0.25) is 0 Å². The van der Waals surface area contributed by atoms with Crippen molar-refractivity contribution in [2.24, 2.45) is 5.73 Å². The van der Waals surface area contributed by atoms with Crippen LogP contribution in [0.5, 0.6) is 0 Å². The van der Waals surface area contributed by atoms with Crippen LogP contribution in [0, 0.1) is 5.82 Å². The summed E-state index contributed by atoms with van der Waals surface area (Å²) in [6.07, 6.45) is 2.06. The van der Waals surface area contributed by atoms with Crippen molar-refractivity contribution in [3.63, 3.8) is 0 Å². The Morgan fingerprint density at radius 2 is 1.93 bits per heavy atom. The lowest BCUT2D eigenvalue weighted by Gasteiger charge is -2.12. The highest BCUT2D eigenvalue weighted by atomic mass is 19.1. The molecule has 0 heterocycles. The van der Waals surface area contributed by atoms with Crippen LogP contribution >= 0.6 is 0 Å². The van der Waals surface area contributed by atoms with E-state index in [-0.39, 0.29) is 11.4 Å². The van der Waals surface area contributed by atoms with Crippen molar-refractivity contribution in [2.75, 3.05) is 0 Å². The van der Waals surface area contributed by atoms with Crippen molar-refractivity contribution in [2.45, 2.75) is 18.4 Å². The second-order valence-corrected chi connectivity index (χ2v) is 4.33. The van der Waals surface area contributed by atoms with Gasteiger partial charge in [0.2, 0.25) is 0 Å². The first-order valence-corrected chi connectivity index (χ1v) is 5.17. The number of rotatable bonds is 1. The van der Waals surface area contributed by atoms with Gasteiger partial charge in [0.15, 0.2) is 0 Å². The van der Waals surface area contributed by atoms with Gasteiger partial charge in [-0.15, -0.1) is 0 Å². The lowest BCUT2D eigenvalue weighted by Crippen LogP contribution is -2.18. The smallest absolute Gasteiger partial charge is 0.123 e. The SMILES string of the molecule is NC1(c2cccc3cc(F)ccc23)CC1. The summed E-state index contributed by atoms with van der Waals surface area (Å²) in [5, 5.41) is 2.02. The zero-order valence-electron chi connectivity index (χ0n) is 8.33. The van der Waals surface area contributed by atoms with Crippen LogP contribution in [0.15, 0.2) is 36.4 Å². The van der Waals surface area contributed by atoms with Gasteiger partial charge in [-0.3, -0.25) is 0 Å². The lowest BCUT2D eigenvalue weighted by atomic mass is 9.98. The van der Waals surface area contributed by atoms with E-state index in [1.165, 1.54) is 6.07 Å². The number of halogens is 1. The molecule has 0 atom stereocenters. The molecule has 1 aliphatic rings. The molecule has 0 saturated heterocycles. The number of hydrogen-bond donors (Lipinski definition) is 1. The van der Waals surface area contributed by atoms with Crippen molar-refractivity contribution in [1.29, 1.82) is 0 Å². The molecule has 2 aromatic rings. The van der Waals surface area contributed by atoms with Crippen LogP contribution in [-0.2, 0) is 5.54 Å². The minimum atomic E-state index is -0.193. The molecule has 1 aliphatic carbocycles. The largest absolute Gasteiger partial charge is 0.321 e. The molecule has 2 aromatic carbocycles. The topological polar surface area (TPSA) is 26.0 Å². The molecule has 0 aliphatic heterocycles. The van der Waals surface area contributed by atoms with E-state index in [4.69, 9.17) is 5.73 Å². The Morgan fingerprint density at radius 3 is 2.67 bits per heavy atom. The predicted octanol–water partition coefficient (Wildman–Crippen LogP) is 2.93. The van der Waals surface area contributed by atoms with Crippen molar-refractivity contribution in [3.05, 3.63) is 47.8 Å². The molecule has 0 bridgehead atoms. The highest BCUT2D eigenvalue weighted by molar-refractivity contribution is 5.87. The fraction of sp³-hybridized carbons (Fsp3) is 0.231. The van der Waals surface area contributed by atoms with Gasteiger partial charge in [0.05, 0.1) is 0 Å². The van der Waals surface area contributed by atoms with E-state index in [1.54, 1.807) is 6.07 Å². The maximum absolute atomic E-state index is 13.0. The predicted molar refractivity (Wildman–Crippen MR) is 59.0 cm³/mol. The third-order valence-corrected chi connectivity index (χ3v) is 3.17. The highest BCUT2D eigenvalue weighted by Crippen LogP contribution is 2.45. The average Bonchev–Trinajstić information content (AvgIpc) is 2.96. The van der Waals surface area contributed by atoms with E-state index in [9.17, 15) is 4.39 Å². The third kappa shape index (κ3) is 1.33. The Morgan fingerprint density at radius 1 is 1.13 bits per heavy atom. The van der Waals surface area contributed by atoms with E-state index in [0.29, 0.717) is 0 Å². The second kappa shape index (κ2) is 2.80. The van der Waals surface area contributed by atoms with Gasteiger partial charge in [-0.2, -0.15) is 0 Å². The minimum absolute atomic E-state index is 0.155. The molecule has 1 saturated carbocycles. The summed E-state index contributed by atoms with van der Waals surface area (Å²) in [7, 11) is 0. The number of fused-ring (bicyclic) bond motifs is 1. The van der Waals surface area contributed by atoms with E-state index >= 15 is 0 Å². The maximum atomic E-state index is 13.0. The van der Waals surface area contributed by atoms with Gasteiger partial charge in [0.1, 0.15) is 5.82 Å². The van der Waals surface area contributed by atoms with Crippen LogP contribution in [0.4, 0.5) is 4.39 Å². The quantitative estimate of drug-likeness (QED) is 0.754. The summed E-state index contributed by atoms with van der Waals surface area (Å²) < 4.78 is 13.0. The zero-order valence-corrected chi connectivity index (χ0v) is 8.33. The molecule has 0 unspecified atom stereocenters. The molecule has 2 heteroatoms. The summed E-state index contributed by atoms with van der Waals surface area (Å²) in [4.78, 5) is 0. The van der Waals surface area contributed by atoms with Gasteiger partial charge < -0.3 is 5.73 Å². The molecule has 76 valence electrons. The lowest BCUT2D eigenvalue weighted by molar-refractivity contribution is 0.629. The number of benzene rings is 2. The Balaban J connectivity index is 2.31. The van der Waals surface area contributed by atoms with Crippen LogP contribution in [0.1, 0.15) is 18.4 Å². The maximum Gasteiger partial charge on any atom is 0.123 e. The Labute approximate surface area is 87.7 Å². The van der Waals surface area contributed by atoms with Gasteiger partial charge in [0.25, 0.3) is 0 Å². The fourth-order valence-corrected chi connectivity index (χ4v) is 2.09. The molecular weight excluding hydrogens is 189 g/mol. The molecule has 0 aromatic heterocycles. The fourth-order valence-electron chi connectivity index (χ4n) is 2.09. The van der Waals surface area contributed by atoms with Crippen LogP contribution in [0.25, 0.3) is 10.8 Å². The van der Waals surface area contributed by atoms with Gasteiger partial charge >= 0.3 is 0 Å². The summed E-state index contributed by atoms with van der Waals surface area (Å²) in [6, 6.07) is 10.8. The Hall–Kier alpha value is -1.41. The first-order valence-electron chi connectivity index (χ1n) is 5.17. The molecule has 2 N–H and O–H groups in total. The van der Waals surface area contributed by atoms with E-state index in [1.807, 2.05) is 24.3 Å². The zero-order chi connectivity index (χ0) is 10.5. The molecule has 0 radical (unpaired) electrons. The second-order valence-electron chi connectivity index (χ2n) is 4.33. The number of hydrogen-bond acceptors (Lipinski definition) is 1. The first-order chi connectivity index (χ1) is 7.19.